The summed E-state index contributed by atoms with van der Waals surface area (Å²) < 4.78 is 1.83. The van der Waals surface area contributed by atoms with Crippen molar-refractivity contribution >= 4 is 29.8 Å². The van der Waals surface area contributed by atoms with Crippen LogP contribution in [0.4, 0.5) is 0 Å². The average molecular weight is 419 g/mol. The molecule has 5 rings (SSSR count). The van der Waals surface area contributed by atoms with Gasteiger partial charge in [-0.3, -0.25) is 8.77 Å². The number of fused-ring (bicyclic) bond motifs is 1. The molecular weight excluding hydrogens is 396 g/mol. The Bertz CT molecular complexity index is 1250. The number of nitrogens with zero attached hydrogens (tertiary/aromatic N) is 6. The van der Waals surface area contributed by atoms with Crippen LogP contribution < -0.4 is 0 Å². The predicted octanol–water partition coefficient (Wildman–Crippen LogP) is 3.90. The summed E-state index contributed by atoms with van der Waals surface area (Å²) in [6, 6.07) is 11.7. The standard InChI is InChI=1S/C22H22N6OS/c1-14-8-9-16-19(13-14)27(30)21(25-16)18-7-4-12-26(18)22(29)20-15(2)5-3-6-17(20)28-23-10-11-24-28/h3,5-6,8-11,13,18,30H,4,7,12H2,1-2H3. The van der Waals surface area contributed by atoms with Crippen molar-refractivity contribution in [1.82, 2.24) is 28.9 Å². The van der Waals surface area contributed by atoms with Gasteiger partial charge in [-0.25, -0.2) is 4.98 Å². The van der Waals surface area contributed by atoms with Crippen LogP contribution in [0.5, 0.6) is 0 Å². The lowest BCUT2D eigenvalue weighted by Crippen LogP contribution is -2.33. The van der Waals surface area contributed by atoms with Gasteiger partial charge in [0.1, 0.15) is 5.82 Å². The molecule has 0 N–H and O–H groups in total. The van der Waals surface area contributed by atoms with Crippen LogP contribution in [0.2, 0.25) is 0 Å². The second-order valence-corrected chi connectivity index (χ2v) is 8.12. The van der Waals surface area contributed by atoms with E-state index in [1.54, 1.807) is 12.4 Å². The number of imidazole rings is 1. The maximum atomic E-state index is 13.7. The number of amides is 1. The largest absolute Gasteiger partial charge is 0.328 e. The topological polar surface area (TPSA) is 68.8 Å². The summed E-state index contributed by atoms with van der Waals surface area (Å²) in [4.78, 5) is 22.0. The molecule has 1 atom stereocenters. The first-order valence-corrected chi connectivity index (χ1v) is 10.4. The number of hydrogen-bond acceptors (Lipinski definition) is 5. The monoisotopic (exact) mass is 418 g/mol. The number of aryl methyl sites for hydroxylation is 2. The molecule has 8 heteroatoms. The molecule has 1 amide bonds. The lowest BCUT2D eigenvalue weighted by molar-refractivity contribution is 0.0729. The number of carbonyl (C=O) groups excluding carboxylic acids is 1. The maximum Gasteiger partial charge on any atom is 0.257 e. The van der Waals surface area contributed by atoms with Crippen molar-refractivity contribution < 1.29 is 4.79 Å². The molecule has 152 valence electrons. The molecule has 30 heavy (non-hydrogen) atoms. The van der Waals surface area contributed by atoms with Gasteiger partial charge < -0.3 is 4.90 Å². The highest BCUT2D eigenvalue weighted by Crippen LogP contribution is 2.36. The van der Waals surface area contributed by atoms with Crippen LogP contribution in [0.1, 0.15) is 46.2 Å². The van der Waals surface area contributed by atoms with Crippen LogP contribution >= 0.6 is 12.8 Å². The van der Waals surface area contributed by atoms with Gasteiger partial charge in [-0.2, -0.15) is 15.0 Å². The van der Waals surface area contributed by atoms with Crippen molar-refractivity contribution in [1.29, 1.82) is 0 Å². The first kappa shape index (κ1) is 18.9. The summed E-state index contributed by atoms with van der Waals surface area (Å²) in [7, 11) is 0. The first-order valence-electron chi connectivity index (χ1n) is 10.00. The predicted molar refractivity (Wildman–Crippen MR) is 118 cm³/mol. The Hall–Kier alpha value is -3.13. The van der Waals surface area contributed by atoms with Crippen molar-refractivity contribution in [3.8, 4) is 5.69 Å². The van der Waals surface area contributed by atoms with Crippen molar-refractivity contribution in [2.24, 2.45) is 0 Å². The summed E-state index contributed by atoms with van der Waals surface area (Å²) in [6.07, 6.45) is 5.00. The molecule has 0 aliphatic carbocycles. The molecule has 1 fully saturated rings. The maximum absolute atomic E-state index is 13.7. The van der Waals surface area contributed by atoms with Crippen LogP contribution in [-0.4, -0.2) is 41.3 Å². The highest BCUT2D eigenvalue weighted by atomic mass is 32.1. The Morgan fingerprint density at radius 3 is 2.73 bits per heavy atom. The van der Waals surface area contributed by atoms with Crippen LogP contribution in [0.15, 0.2) is 48.8 Å². The molecule has 2 aromatic heterocycles. The molecule has 3 heterocycles. The molecule has 4 aromatic rings. The van der Waals surface area contributed by atoms with Crippen molar-refractivity contribution in [3.63, 3.8) is 0 Å². The van der Waals surface area contributed by atoms with E-state index < -0.39 is 0 Å². The van der Waals surface area contributed by atoms with Crippen molar-refractivity contribution in [3.05, 3.63) is 71.3 Å². The lowest BCUT2D eigenvalue weighted by atomic mass is 10.0. The van der Waals surface area contributed by atoms with Crippen LogP contribution in [0.3, 0.4) is 0 Å². The molecule has 0 radical (unpaired) electrons. The molecule has 2 aromatic carbocycles. The van der Waals surface area contributed by atoms with Crippen LogP contribution in [-0.2, 0) is 0 Å². The van der Waals surface area contributed by atoms with E-state index in [1.165, 1.54) is 4.80 Å². The number of likely N-dealkylation sites (tertiary alicyclic amines) is 1. The molecule has 7 nitrogen and oxygen atoms in total. The average Bonchev–Trinajstić information content (AvgIpc) is 3.48. The molecule has 1 aliphatic rings. The van der Waals surface area contributed by atoms with Gasteiger partial charge in [0.2, 0.25) is 0 Å². The zero-order chi connectivity index (χ0) is 20.8. The van der Waals surface area contributed by atoms with Gasteiger partial charge in [-0.05, 0) is 56.0 Å². The van der Waals surface area contributed by atoms with Gasteiger partial charge in [-0.15, -0.1) is 0 Å². The fourth-order valence-electron chi connectivity index (χ4n) is 4.27. The summed E-state index contributed by atoms with van der Waals surface area (Å²) in [6.45, 7) is 4.68. The molecule has 1 saturated heterocycles. The Labute approximate surface area is 179 Å². The lowest BCUT2D eigenvalue weighted by Gasteiger charge is -2.25. The van der Waals surface area contributed by atoms with Gasteiger partial charge in [0.05, 0.1) is 40.7 Å². The fraction of sp³-hybridized carbons (Fsp3) is 0.273. The summed E-state index contributed by atoms with van der Waals surface area (Å²) in [5, 5.41) is 8.46. The third-order valence-corrected chi connectivity index (χ3v) is 6.14. The highest BCUT2D eigenvalue weighted by Gasteiger charge is 2.35. The smallest absolute Gasteiger partial charge is 0.257 e. The van der Waals surface area contributed by atoms with Crippen molar-refractivity contribution in [2.75, 3.05) is 6.54 Å². The number of benzene rings is 2. The Morgan fingerprint density at radius 1 is 1.13 bits per heavy atom. The second kappa shape index (κ2) is 7.28. The second-order valence-electron chi connectivity index (χ2n) is 7.72. The number of aromatic nitrogens is 5. The van der Waals surface area contributed by atoms with E-state index in [0.29, 0.717) is 17.8 Å². The van der Waals surface area contributed by atoms with Crippen molar-refractivity contribution in [2.45, 2.75) is 32.7 Å². The molecule has 1 aliphatic heterocycles. The third-order valence-electron chi connectivity index (χ3n) is 5.72. The molecule has 0 spiro atoms. The zero-order valence-corrected chi connectivity index (χ0v) is 17.8. The van der Waals surface area contributed by atoms with Gasteiger partial charge in [-0.1, -0.05) is 31.0 Å². The van der Waals surface area contributed by atoms with Crippen LogP contribution in [0, 0.1) is 13.8 Å². The summed E-state index contributed by atoms with van der Waals surface area (Å²) >= 11 is 4.72. The first-order chi connectivity index (χ1) is 14.5. The van der Waals surface area contributed by atoms with E-state index >= 15 is 0 Å². The van der Waals surface area contributed by atoms with E-state index in [4.69, 9.17) is 17.8 Å². The van der Waals surface area contributed by atoms with Gasteiger partial charge in [0, 0.05) is 6.54 Å². The summed E-state index contributed by atoms with van der Waals surface area (Å²) in [5.74, 6) is 0.775. The quantitative estimate of drug-likeness (QED) is 0.512. The Morgan fingerprint density at radius 2 is 1.93 bits per heavy atom. The minimum Gasteiger partial charge on any atom is -0.328 e. The minimum atomic E-state index is -0.124. The van der Waals surface area contributed by atoms with Gasteiger partial charge >= 0.3 is 0 Å². The molecule has 0 bridgehead atoms. The van der Waals surface area contributed by atoms with E-state index in [1.807, 2.05) is 53.1 Å². The van der Waals surface area contributed by atoms with E-state index in [0.717, 1.165) is 40.8 Å². The zero-order valence-electron chi connectivity index (χ0n) is 16.9. The van der Waals surface area contributed by atoms with E-state index in [9.17, 15) is 4.79 Å². The molecular formula is C22H22N6OS. The Kier molecular flexibility index (Phi) is 4.58. The molecule has 1 unspecified atom stereocenters. The number of hydrogen-bond donors (Lipinski definition) is 1. The summed E-state index contributed by atoms with van der Waals surface area (Å²) in [5.41, 5.74) is 5.21. The van der Waals surface area contributed by atoms with E-state index in [2.05, 4.69) is 16.3 Å². The van der Waals surface area contributed by atoms with Crippen LogP contribution in [0.25, 0.3) is 16.7 Å². The molecule has 0 saturated carbocycles. The third kappa shape index (κ3) is 2.99. The minimum absolute atomic E-state index is 0.0283. The van der Waals surface area contributed by atoms with Gasteiger partial charge in [0.15, 0.2) is 0 Å². The fourth-order valence-corrected chi connectivity index (χ4v) is 4.60. The Balaban J connectivity index is 1.57. The number of rotatable bonds is 3. The van der Waals surface area contributed by atoms with E-state index in [-0.39, 0.29) is 11.9 Å². The highest BCUT2D eigenvalue weighted by molar-refractivity contribution is 7.78. The number of carbonyl (C=O) groups is 1. The SMILES string of the molecule is Cc1ccc2nc(C3CCCN3C(=O)c3c(C)cccc3-n3nccn3)n(S)c2c1. The normalized spacial score (nSPS) is 16.5. The van der Waals surface area contributed by atoms with Gasteiger partial charge in [0.25, 0.3) is 5.91 Å². The number of thiol groups is 1.